The maximum Gasteiger partial charge on any atom is 0.280 e. The number of hydrogen-bond acceptors (Lipinski definition) is 8. The van der Waals surface area contributed by atoms with E-state index in [9.17, 15) is 20.1 Å². The number of fused-ring (bicyclic) bond motifs is 1. The first-order valence-corrected chi connectivity index (χ1v) is 9.17. The molecule has 0 saturated carbocycles. The van der Waals surface area contributed by atoms with E-state index >= 15 is 0 Å². The summed E-state index contributed by atoms with van der Waals surface area (Å²) in [5, 5.41) is 39.0. The molecule has 4 N–H and O–H groups in total. The molecule has 9 heteroatoms. The number of aliphatic hydroxyl groups is 4. The molecule has 0 unspecified atom stereocenters. The van der Waals surface area contributed by atoms with Crippen LogP contribution in [-0.2, 0) is 6.54 Å². The average Bonchev–Trinajstić information content (AvgIpc) is 3.09. The van der Waals surface area contributed by atoms with Gasteiger partial charge in [0.2, 0.25) is 0 Å². The minimum Gasteiger partial charge on any atom is -0.394 e. The lowest BCUT2D eigenvalue weighted by atomic mass is 10.1. The van der Waals surface area contributed by atoms with Gasteiger partial charge in [-0.1, -0.05) is 0 Å². The monoisotopic (exact) mass is 390 g/mol. The van der Waals surface area contributed by atoms with Gasteiger partial charge in [0, 0.05) is 13.6 Å². The lowest BCUT2D eigenvalue weighted by Crippen LogP contribution is -2.44. The van der Waals surface area contributed by atoms with Gasteiger partial charge in [0.1, 0.15) is 18.3 Å². The zero-order valence-corrected chi connectivity index (χ0v) is 16.2. The van der Waals surface area contributed by atoms with Crippen LogP contribution >= 0.6 is 0 Å². The van der Waals surface area contributed by atoms with Crippen molar-refractivity contribution in [2.75, 3.05) is 26.7 Å². The van der Waals surface area contributed by atoms with Crippen molar-refractivity contribution in [3.63, 3.8) is 0 Å². The zero-order valence-electron chi connectivity index (χ0n) is 16.2. The largest absolute Gasteiger partial charge is 0.394 e. The molecule has 0 bridgehead atoms. The number of hydrogen-bond donors (Lipinski definition) is 4. The molecule has 152 valence electrons. The second-order valence-electron chi connectivity index (χ2n) is 7.24. The molecule has 1 aromatic carbocycles. The Bertz CT molecular complexity index is 971. The third-order valence-corrected chi connectivity index (χ3v) is 5.18. The summed E-state index contributed by atoms with van der Waals surface area (Å²) in [4.78, 5) is 24.0. The van der Waals surface area contributed by atoms with E-state index < -0.39 is 30.5 Å². The van der Waals surface area contributed by atoms with Crippen molar-refractivity contribution in [3.8, 4) is 0 Å². The first-order chi connectivity index (χ1) is 13.2. The van der Waals surface area contributed by atoms with Crippen LogP contribution in [0.5, 0.6) is 0 Å². The maximum atomic E-state index is 13.2. The van der Waals surface area contributed by atoms with Crippen LogP contribution in [0.1, 0.15) is 16.8 Å². The lowest BCUT2D eigenvalue weighted by Gasteiger charge is -2.23. The van der Waals surface area contributed by atoms with Crippen molar-refractivity contribution >= 4 is 16.9 Å². The molecule has 2 aromatic rings. The summed E-state index contributed by atoms with van der Waals surface area (Å²) in [6.45, 7) is 4.15. The predicted octanol–water partition coefficient (Wildman–Crippen LogP) is -1.22. The number of benzene rings is 1. The summed E-state index contributed by atoms with van der Waals surface area (Å²) in [7, 11) is 1.83. The number of aryl methyl sites for hydroxylation is 2. The summed E-state index contributed by atoms with van der Waals surface area (Å²) in [6, 6.07) is 3.68. The van der Waals surface area contributed by atoms with Crippen LogP contribution in [0, 0.1) is 13.8 Å². The number of aliphatic imine (C=N–C) groups is 1. The number of aromatic nitrogens is 2. The van der Waals surface area contributed by atoms with E-state index in [4.69, 9.17) is 5.11 Å². The Hall–Kier alpha value is -2.33. The predicted molar refractivity (Wildman–Crippen MR) is 105 cm³/mol. The Morgan fingerprint density at radius 1 is 1.14 bits per heavy atom. The number of aliphatic hydroxyl groups excluding tert-OH is 4. The lowest BCUT2D eigenvalue weighted by molar-refractivity contribution is -0.0805. The van der Waals surface area contributed by atoms with E-state index in [0.29, 0.717) is 30.0 Å². The fourth-order valence-electron chi connectivity index (χ4n) is 3.27. The molecule has 1 aliphatic heterocycles. The van der Waals surface area contributed by atoms with Gasteiger partial charge in [-0.2, -0.15) is 0 Å². The fourth-order valence-corrected chi connectivity index (χ4v) is 3.27. The van der Waals surface area contributed by atoms with Crippen molar-refractivity contribution in [1.29, 1.82) is 0 Å². The van der Waals surface area contributed by atoms with Crippen LogP contribution in [0.15, 0.2) is 21.9 Å². The van der Waals surface area contributed by atoms with Crippen LogP contribution in [0.3, 0.4) is 0 Å². The molecule has 0 saturated heterocycles. The second-order valence-corrected chi connectivity index (χ2v) is 7.24. The van der Waals surface area contributed by atoms with Gasteiger partial charge in [0.15, 0.2) is 11.5 Å². The molecule has 0 spiro atoms. The Kier molecular flexibility index (Phi) is 5.80. The highest BCUT2D eigenvalue weighted by Crippen LogP contribution is 2.19. The molecule has 9 nitrogen and oxygen atoms in total. The van der Waals surface area contributed by atoms with Gasteiger partial charge in [-0.25, -0.2) is 4.98 Å². The van der Waals surface area contributed by atoms with Crippen molar-refractivity contribution in [2.24, 2.45) is 4.99 Å². The average molecular weight is 390 g/mol. The van der Waals surface area contributed by atoms with E-state index in [1.165, 1.54) is 4.57 Å². The van der Waals surface area contributed by atoms with Gasteiger partial charge in [-0.05, 0) is 37.1 Å². The van der Waals surface area contributed by atoms with Gasteiger partial charge >= 0.3 is 0 Å². The highest BCUT2D eigenvalue weighted by molar-refractivity contribution is 5.99. The Labute approximate surface area is 162 Å². The van der Waals surface area contributed by atoms with Gasteiger partial charge in [0.05, 0.1) is 30.7 Å². The molecule has 3 atom stereocenters. The molecule has 1 aromatic heterocycles. The molecule has 0 fully saturated rings. The standard InChI is InChI=1S/C19H26N4O5/c1-10-6-12-13(7-11(10)2)23(8-14(25)17(27)15(26)9-24)19(28)16(21-12)18-20-4-5-22(18)3/h6-7,14-15,17,24-27H,4-5,8-9H2,1-3H3/t14-,15+,17-/m0/s1. The van der Waals surface area contributed by atoms with Gasteiger partial charge in [0.25, 0.3) is 5.56 Å². The minimum absolute atomic E-state index is 0.181. The molecular weight excluding hydrogens is 364 g/mol. The first-order valence-electron chi connectivity index (χ1n) is 9.17. The summed E-state index contributed by atoms with van der Waals surface area (Å²) in [5.74, 6) is 0.490. The summed E-state index contributed by atoms with van der Waals surface area (Å²) in [5.41, 5.74) is 2.80. The zero-order chi connectivity index (χ0) is 20.6. The van der Waals surface area contributed by atoms with Crippen LogP contribution in [-0.4, -0.2) is 85.8 Å². The van der Waals surface area contributed by atoms with E-state index in [0.717, 1.165) is 11.1 Å². The third kappa shape index (κ3) is 3.66. The summed E-state index contributed by atoms with van der Waals surface area (Å²) in [6.07, 6.45) is -4.56. The summed E-state index contributed by atoms with van der Waals surface area (Å²) >= 11 is 0. The molecule has 2 heterocycles. The smallest absolute Gasteiger partial charge is 0.280 e. The quantitative estimate of drug-likeness (QED) is 0.486. The van der Waals surface area contributed by atoms with Crippen LogP contribution in [0.2, 0.25) is 0 Å². The Balaban J connectivity index is 2.17. The SMILES string of the molecule is Cc1cc2nc(C3=NCCN3C)c(=O)n(C[C@H](O)[C@H](O)[C@H](O)CO)c2cc1C. The number of rotatable bonds is 6. The maximum absolute atomic E-state index is 13.2. The molecule has 3 rings (SSSR count). The van der Waals surface area contributed by atoms with Crippen molar-refractivity contribution in [1.82, 2.24) is 14.5 Å². The van der Waals surface area contributed by atoms with Crippen molar-refractivity contribution in [2.45, 2.75) is 38.7 Å². The first kappa shape index (κ1) is 20.4. The Morgan fingerprint density at radius 3 is 2.43 bits per heavy atom. The van der Waals surface area contributed by atoms with Gasteiger partial charge < -0.3 is 29.9 Å². The van der Waals surface area contributed by atoms with Gasteiger partial charge in [-0.3, -0.25) is 9.79 Å². The molecule has 0 aliphatic carbocycles. The van der Waals surface area contributed by atoms with E-state index in [-0.39, 0.29) is 12.2 Å². The van der Waals surface area contributed by atoms with Gasteiger partial charge in [-0.15, -0.1) is 0 Å². The van der Waals surface area contributed by atoms with E-state index in [1.807, 2.05) is 37.9 Å². The van der Waals surface area contributed by atoms with Crippen molar-refractivity contribution < 1.29 is 20.4 Å². The fraction of sp³-hybridized carbons (Fsp3) is 0.526. The Morgan fingerprint density at radius 2 is 1.82 bits per heavy atom. The normalized spacial score (nSPS) is 17.7. The number of likely N-dealkylation sites (N-methyl/N-ethyl adjacent to an activating group) is 1. The van der Waals surface area contributed by atoms with E-state index in [2.05, 4.69) is 9.98 Å². The minimum atomic E-state index is -1.60. The highest BCUT2D eigenvalue weighted by atomic mass is 16.4. The molecule has 0 amide bonds. The second kappa shape index (κ2) is 7.96. The number of amidine groups is 1. The van der Waals surface area contributed by atoms with Crippen LogP contribution < -0.4 is 5.56 Å². The van der Waals surface area contributed by atoms with Crippen LogP contribution in [0.25, 0.3) is 11.0 Å². The number of nitrogens with zero attached hydrogens (tertiary/aromatic N) is 4. The summed E-state index contributed by atoms with van der Waals surface area (Å²) < 4.78 is 1.34. The third-order valence-electron chi connectivity index (χ3n) is 5.18. The molecular formula is C19H26N4O5. The topological polar surface area (TPSA) is 131 Å². The molecule has 1 aliphatic rings. The molecule has 0 radical (unpaired) electrons. The molecule has 28 heavy (non-hydrogen) atoms. The highest BCUT2D eigenvalue weighted by Gasteiger charge is 2.27. The van der Waals surface area contributed by atoms with Crippen LogP contribution in [0.4, 0.5) is 0 Å². The van der Waals surface area contributed by atoms with E-state index in [1.54, 1.807) is 0 Å². The van der Waals surface area contributed by atoms with Crippen molar-refractivity contribution in [3.05, 3.63) is 39.3 Å².